The van der Waals surface area contributed by atoms with Crippen LogP contribution in [0, 0.1) is 0 Å². The van der Waals surface area contributed by atoms with Crippen molar-refractivity contribution in [1.82, 2.24) is 10.6 Å². The van der Waals surface area contributed by atoms with Crippen LogP contribution in [0.1, 0.15) is 47.5 Å². The zero-order valence-electron chi connectivity index (χ0n) is 11.0. The molecule has 0 spiro atoms. The molecule has 4 nitrogen and oxygen atoms in total. The predicted molar refractivity (Wildman–Crippen MR) is 64.5 cm³/mol. The molecule has 1 amide bonds. The maximum Gasteiger partial charge on any atom is 0.407 e. The number of rotatable bonds is 1. The van der Waals surface area contributed by atoms with Crippen LogP contribution in [0.3, 0.4) is 0 Å². The van der Waals surface area contributed by atoms with Gasteiger partial charge in [0.1, 0.15) is 5.60 Å². The Balaban J connectivity index is 2.49. The zero-order valence-corrected chi connectivity index (χ0v) is 11.0. The molecule has 1 atom stereocenters. The lowest BCUT2D eigenvalue weighted by Crippen LogP contribution is -2.60. The molecule has 1 aliphatic heterocycles. The van der Waals surface area contributed by atoms with Gasteiger partial charge < -0.3 is 15.4 Å². The van der Waals surface area contributed by atoms with Crippen molar-refractivity contribution in [2.24, 2.45) is 0 Å². The van der Waals surface area contributed by atoms with Crippen LogP contribution in [0.4, 0.5) is 4.79 Å². The molecule has 1 aliphatic rings. The minimum absolute atomic E-state index is 0.0604. The summed E-state index contributed by atoms with van der Waals surface area (Å²) in [4.78, 5) is 11.7. The van der Waals surface area contributed by atoms with E-state index in [0.717, 1.165) is 19.4 Å². The van der Waals surface area contributed by atoms with Crippen LogP contribution in [-0.2, 0) is 4.74 Å². The van der Waals surface area contributed by atoms with Gasteiger partial charge in [-0.3, -0.25) is 0 Å². The second-order valence-corrected chi connectivity index (χ2v) is 5.99. The molecule has 0 saturated carbocycles. The summed E-state index contributed by atoms with van der Waals surface area (Å²) in [6.45, 7) is 10.8. The van der Waals surface area contributed by atoms with Gasteiger partial charge in [-0.15, -0.1) is 0 Å². The molecule has 0 aromatic rings. The fourth-order valence-electron chi connectivity index (χ4n) is 1.90. The first kappa shape index (κ1) is 13.3. The van der Waals surface area contributed by atoms with Crippen molar-refractivity contribution < 1.29 is 9.53 Å². The van der Waals surface area contributed by atoms with Gasteiger partial charge in [0.2, 0.25) is 0 Å². The van der Waals surface area contributed by atoms with E-state index in [9.17, 15) is 4.79 Å². The summed E-state index contributed by atoms with van der Waals surface area (Å²) < 4.78 is 5.26. The van der Waals surface area contributed by atoms with Crippen LogP contribution in [0.25, 0.3) is 0 Å². The second-order valence-electron chi connectivity index (χ2n) is 5.99. The Hall–Kier alpha value is -0.770. The Morgan fingerprint density at radius 2 is 2.06 bits per heavy atom. The SMILES string of the molecule is CC(C)(C)OC(=O)NC1CCCNC1(C)C. The molecule has 1 fully saturated rings. The van der Waals surface area contributed by atoms with Crippen molar-refractivity contribution in [3.05, 3.63) is 0 Å². The molecular formula is C12H24N2O2. The largest absolute Gasteiger partial charge is 0.444 e. The van der Waals surface area contributed by atoms with Crippen molar-refractivity contribution >= 4 is 6.09 Å². The molecule has 1 saturated heterocycles. The van der Waals surface area contributed by atoms with Crippen LogP contribution < -0.4 is 10.6 Å². The van der Waals surface area contributed by atoms with Crippen molar-refractivity contribution in [3.8, 4) is 0 Å². The molecular weight excluding hydrogens is 204 g/mol. The molecule has 0 bridgehead atoms. The third kappa shape index (κ3) is 4.00. The number of hydrogen-bond donors (Lipinski definition) is 2. The summed E-state index contributed by atoms with van der Waals surface area (Å²) in [5, 5.41) is 6.35. The first-order valence-electron chi connectivity index (χ1n) is 5.95. The molecule has 4 heteroatoms. The van der Waals surface area contributed by atoms with E-state index in [-0.39, 0.29) is 17.7 Å². The minimum atomic E-state index is -0.434. The first-order valence-corrected chi connectivity index (χ1v) is 5.95. The van der Waals surface area contributed by atoms with Crippen LogP contribution in [-0.4, -0.2) is 29.8 Å². The van der Waals surface area contributed by atoms with Crippen LogP contribution in [0.15, 0.2) is 0 Å². The van der Waals surface area contributed by atoms with Gasteiger partial charge in [-0.05, 0) is 54.0 Å². The summed E-state index contributed by atoms with van der Waals surface area (Å²) in [7, 11) is 0. The lowest BCUT2D eigenvalue weighted by Gasteiger charge is -2.40. The van der Waals surface area contributed by atoms with Gasteiger partial charge in [0, 0.05) is 11.6 Å². The summed E-state index contributed by atoms with van der Waals surface area (Å²) in [5.74, 6) is 0. The molecule has 1 rings (SSSR count). The van der Waals surface area contributed by atoms with E-state index in [1.54, 1.807) is 0 Å². The van der Waals surface area contributed by atoms with Gasteiger partial charge in [0.15, 0.2) is 0 Å². The van der Waals surface area contributed by atoms with Crippen molar-refractivity contribution in [2.75, 3.05) is 6.54 Å². The monoisotopic (exact) mass is 228 g/mol. The average molecular weight is 228 g/mol. The van der Waals surface area contributed by atoms with Crippen molar-refractivity contribution in [2.45, 2.75) is 64.6 Å². The summed E-state index contributed by atoms with van der Waals surface area (Å²) >= 11 is 0. The maximum atomic E-state index is 11.7. The molecule has 2 N–H and O–H groups in total. The number of alkyl carbamates (subject to hydrolysis) is 1. The molecule has 0 aliphatic carbocycles. The highest BCUT2D eigenvalue weighted by atomic mass is 16.6. The number of carbonyl (C=O) groups excluding carboxylic acids is 1. The Kier molecular flexibility index (Phi) is 3.84. The van der Waals surface area contributed by atoms with Gasteiger partial charge in [-0.1, -0.05) is 0 Å². The number of piperidine rings is 1. The van der Waals surface area contributed by atoms with E-state index in [0.29, 0.717) is 0 Å². The highest BCUT2D eigenvalue weighted by Crippen LogP contribution is 2.19. The van der Waals surface area contributed by atoms with E-state index < -0.39 is 5.60 Å². The third-order valence-electron chi connectivity index (χ3n) is 2.81. The smallest absolute Gasteiger partial charge is 0.407 e. The third-order valence-corrected chi connectivity index (χ3v) is 2.81. The number of carbonyl (C=O) groups is 1. The summed E-state index contributed by atoms with van der Waals surface area (Å²) in [6.07, 6.45) is 1.76. The number of nitrogens with one attached hydrogen (secondary N) is 2. The average Bonchev–Trinajstić information content (AvgIpc) is 2.05. The van der Waals surface area contributed by atoms with Crippen molar-refractivity contribution in [1.29, 1.82) is 0 Å². The quantitative estimate of drug-likeness (QED) is 0.722. The lowest BCUT2D eigenvalue weighted by atomic mass is 9.87. The van der Waals surface area contributed by atoms with Gasteiger partial charge in [-0.25, -0.2) is 4.79 Å². The second kappa shape index (κ2) is 4.62. The molecule has 0 radical (unpaired) electrons. The predicted octanol–water partition coefficient (Wildman–Crippen LogP) is 2.04. The van der Waals surface area contributed by atoms with E-state index in [1.807, 2.05) is 20.8 Å². The fraction of sp³-hybridized carbons (Fsp3) is 0.917. The minimum Gasteiger partial charge on any atom is -0.444 e. The Bertz CT molecular complexity index is 256. The van der Waals surface area contributed by atoms with Crippen LogP contribution in [0.5, 0.6) is 0 Å². The van der Waals surface area contributed by atoms with Gasteiger partial charge in [0.05, 0.1) is 0 Å². The normalized spacial score (nSPS) is 24.9. The molecule has 16 heavy (non-hydrogen) atoms. The van der Waals surface area contributed by atoms with Crippen LogP contribution >= 0.6 is 0 Å². The summed E-state index contributed by atoms with van der Waals surface area (Å²) in [5.41, 5.74) is -0.495. The molecule has 0 aromatic carbocycles. The highest BCUT2D eigenvalue weighted by molar-refractivity contribution is 5.68. The Morgan fingerprint density at radius 3 is 2.56 bits per heavy atom. The van der Waals surface area contributed by atoms with Gasteiger partial charge >= 0.3 is 6.09 Å². The van der Waals surface area contributed by atoms with Crippen LogP contribution in [0.2, 0.25) is 0 Å². The zero-order chi connectivity index (χ0) is 12.4. The Morgan fingerprint density at radius 1 is 1.44 bits per heavy atom. The van der Waals surface area contributed by atoms with Crippen molar-refractivity contribution in [3.63, 3.8) is 0 Å². The lowest BCUT2D eigenvalue weighted by molar-refractivity contribution is 0.0456. The van der Waals surface area contributed by atoms with Gasteiger partial charge in [-0.2, -0.15) is 0 Å². The number of amides is 1. The highest BCUT2D eigenvalue weighted by Gasteiger charge is 2.33. The maximum absolute atomic E-state index is 11.7. The van der Waals surface area contributed by atoms with E-state index >= 15 is 0 Å². The topological polar surface area (TPSA) is 50.4 Å². The first-order chi connectivity index (χ1) is 7.21. The van der Waals surface area contributed by atoms with E-state index in [1.165, 1.54) is 0 Å². The molecule has 1 unspecified atom stereocenters. The molecule has 0 aromatic heterocycles. The summed E-state index contributed by atoms with van der Waals surface area (Å²) in [6, 6.07) is 0.135. The number of ether oxygens (including phenoxy) is 1. The van der Waals surface area contributed by atoms with Gasteiger partial charge in [0.25, 0.3) is 0 Å². The fourth-order valence-corrected chi connectivity index (χ4v) is 1.90. The standard InChI is InChI=1S/C12H24N2O2/c1-11(2,3)16-10(15)14-9-7-6-8-13-12(9,4)5/h9,13H,6-8H2,1-5H3,(H,14,15). The molecule has 94 valence electrons. The molecule has 1 heterocycles. The van der Waals surface area contributed by atoms with E-state index in [4.69, 9.17) is 4.74 Å². The Labute approximate surface area is 98.1 Å². The van der Waals surface area contributed by atoms with E-state index in [2.05, 4.69) is 24.5 Å². The number of hydrogen-bond acceptors (Lipinski definition) is 3.